The molecule has 20 heavy (non-hydrogen) atoms. The largest absolute Gasteiger partial charge is 0.356 e. The molecule has 7 heteroatoms. The van der Waals surface area contributed by atoms with Gasteiger partial charge in [-0.05, 0) is 18.2 Å². The summed E-state index contributed by atoms with van der Waals surface area (Å²) in [5.74, 6) is 1.48. The molecule has 0 amide bonds. The minimum Gasteiger partial charge on any atom is -0.356 e. The standard InChI is InChI=1S/C13H14N4O2S/c18-20(19)7-5-16(6-8-20)12-2-1-10-9-15-13-11(17(10)12)3-4-14-13/h1-4,9,14H,5-8H2. The first-order chi connectivity index (χ1) is 9.64. The number of H-pyrrole nitrogens is 1. The summed E-state index contributed by atoms with van der Waals surface area (Å²) in [5, 5.41) is 0. The number of nitrogens with zero attached hydrogens (tertiary/aromatic N) is 3. The monoisotopic (exact) mass is 290 g/mol. The lowest BCUT2D eigenvalue weighted by atomic mass is 10.4. The van der Waals surface area contributed by atoms with Crippen LogP contribution >= 0.6 is 0 Å². The Hall–Kier alpha value is -2.02. The second-order valence-corrected chi connectivity index (χ2v) is 7.36. The number of aromatic nitrogens is 3. The van der Waals surface area contributed by atoms with E-state index in [1.807, 2.05) is 30.6 Å². The molecule has 1 N–H and O–H groups in total. The van der Waals surface area contributed by atoms with Gasteiger partial charge in [0.05, 0.1) is 28.7 Å². The normalized spacial score (nSPS) is 18.9. The number of hydrogen-bond acceptors (Lipinski definition) is 4. The minimum atomic E-state index is -2.86. The van der Waals surface area contributed by atoms with Gasteiger partial charge in [0.2, 0.25) is 0 Å². The highest BCUT2D eigenvalue weighted by Crippen LogP contribution is 2.25. The molecule has 1 aliphatic rings. The summed E-state index contributed by atoms with van der Waals surface area (Å²) in [7, 11) is -2.86. The van der Waals surface area contributed by atoms with Crippen molar-refractivity contribution in [2.75, 3.05) is 29.5 Å². The molecule has 1 saturated heterocycles. The van der Waals surface area contributed by atoms with E-state index in [1.165, 1.54) is 0 Å². The summed E-state index contributed by atoms with van der Waals surface area (Å²) in [6, 6.07) is 6.03. The highest BCUT2D eigenvalue weighted by Gasteiger charge is 2.23. The van der Waals surface area contributed by atoms with Crippen molar-refractivity contribution in [1.29, 1.82) is 0 Å². The topological polar surface area (TPSA) is 70.5 Å². The molecule has 0 spiro atoms. The van der Waals surface area contributed by atoms with E-state index in [1.54, 1.807) is 0 Å². The third-order valence-electron chi connectivity index (χ3n) is 3.83. The minimum absolute atomic E-state index is 0.224. The van der Waals surface area contributed by atoms with Gasteiger partial charge in [-0.1, -0.05) is 0 Å². The van der Waals surface area contributed by atoms with E-state index in [4.69, 9.17) is 0 Å². The van der Waals surface area contributed by atoms with Crippen LogP contribution in [0.4, 0.5) is 5.82 Å². The Labute approximate surface area is 115 Å². The van der Waals surface area contributed by atoms with Crippen LogP contribution in [0.15, 0.2) is 30.6 Å². The molecular weight excluding hydrogens is 276 g/mol. The first-order valence-electron chi connectivity index (χ1n) is 6.53. The fourth-order valence-corrected chi connectivity index (χ4v) is 3.96. The Morgan fingerprint density at radius 1 is 1.15 bits per heavy atom. The first-order valence-corrected chi connectivity index (χ1v) is 8.35. The molecule has 0 bridgehead atoms. The summed E-state index contributed by atoms with van der Waals surface area (Å²) in [5.41, 5.74) is 2.86. The Bertz CT molecular complexity index is 880. The van der Waals surface area contributed by atoms with Crippen LogP contribution in [-0.4, -0.2) is 47.4 Å². The van der Waals surface area contributed by atoms with Crippen molar-refractivity contribution >= 4 is 32.3 Å². The summed E-state index contributed by atoms with van der Waals surface area (Å²) in [4.78, 5) is 9.58. The molecule has 3 aromatic heterocycles. The van der Waals surface area contributed by atoms with Gasteiger partial charge in [0.15, 0.2) is 15.5 Å². The van der Waals surface area contributed by atoms with E-state index in [9.17, 15) is 8.42 Å². The molecule has 0 aliphatic carbocycles. The predicted molar refractivity (Wildman–Crippen MR) is 77.9 cm³/mol. The number of hydrogen-bond donors (Lipinski definition) is 1. The van der Waals surface area contributed by atoms with Gasteiger partial charge < -0.3 is 9.88 Å². The Morgan fingerprint density at radius 2 is 1.95 bits per heavy atom. The van der Waals surface area contributed by atoms with Crippen molar-refractivity contribution in [2.45, 2.75) is 0 Å². The maximum absolute atomic E-state index is 11.6. The molecule has 104 valence electrons. The molecule has 3 aromatic rings. The first kappa shape index (κ1) is 11.8. The van der Waals surface area contributed by atoms with E-state index in [0.717, 1.165) is 22.5 Å². The van der Waals surface area contributed by atoms with E-state index in [-0.39, 0.29) is 11.5 Å². The van der Waals surface area contributed by atoms with Gasteiger partial charge >= 0.3 is 0 Å². The number of anilines is 1. The molecule has 1 aliphatic heterocycles. The molecule has 0 aromatic carbocycles. The van der Waals surface area contributed by atoms with Crippen LogP contribution in [0.1, 0.15) is 0 Å². The van der Waals surface area contributed by atoms with Crippen molar-refractivity contribution in [3.63, 3.8) is 0 Å². The van der Waals surface area contributed by atoms with Crippen LogP contribution < -0.4 is 4.90 Å². The smallest absolute Gasteiger partial charge is 0.154 e. The van der Waals surface area contributed by atoms with Crippen molar-refractivity contribution in [1.82, 2.24) is 14.4 Å². The quantitative estimate of drug-likeness (QED) is 0.727. The van der Waals surface area contributed by atoms with Gasteiger partial charge in [0.25, 0.3) is 0 Å². The fourth-order valence-electron chi connectivity index (χ4n) is 2.76. The van der Waals surface area contributed by atoms with Gasteiger partial charge in [0, 0.05) is 19.3 Å². The van der Waals surface area contributed by atoms with Crippen LogP contribution in [0.2, 0.25) is 0 Å². The van der Waals surface area contributed by atoms with Crippen LogP contribution in [-0.2, 0) is 9.84 Å². The number of nitrogens with one attached hydrogen (secondary N) is 1. The average Bonchev–Trinajstić information content (AvgIpc) is 3.03. The zero-order valence-electron chi connectivity index (χ0n) is 10.8. The number of aromatic amines is 1. The van der Waals surface area contributed by atoms with Crippen LogP contribution in [0, 0.1) is 0 Å². The highest BCUT2D eigenvalue weighted by molar-refractivity contribution is 7.91. The van der Waals surface area contributed by atoms with Gasteiger partial charge in [-0.25, -0.2) is 13.4 Å². The number of rotatable bonds is 1. The summed E-state index contributed by atoms with van der Waals surface area (Å²) in [6.07, 6.45) is 3.69. The van der Waals surface area contributed by atoms with Crippen LogP contribution in [0.5, 0.6) is 0 Å². The number of fused-ring (bicyclic) bond motifs is 3. The summed E-state index contributed by atoms with van der Waals surface area (Å²) in [6.45, 7) is 1.09. The van der Waals surface area contributed by atoms with Crippen molar-refractivity contribution in [3.8, 4) is 0 Å². The number of sulfone groups is 1. The molecule has 0 atom stereocenters. The van der Waals surface area contributed by atoms with Gasteiger partial charge in [-0.2, -0.15) is 0 Å². The maximum atomic E-state index is 11.6. The SMILES string of the molecule is O=S1(=O)CCN(c2ccc3cnc4[nH]ccc4n23)CC1. The molecule has 0 unspecified atom stereocenters. The lowest BCUT2D eigenvalue weighted by Crippen LogP contribution is -2.40. The molecule has 0 saturated carbocycles. The van der Waals surface area contributed by atoms with Crippen molar-refractivity contribution < 1.29 is 8.42 Å². The van der Waals surface area contributed by atoms with E-state index in [0.29, 0.717) is 13.1 Å². The Morgan fingerprint density at radius 3 is 2.75 bits per heavy atom. The second-order valence-electron chi connectivity index (χ2n) is 5.06. The van der Waals surface area contributed by atoms with Crippen molar-refractivity contribution in [3.05, 3.63) is 30.6 Å². The van der Waals surface area contributed by atoms with E-state index >= 15 is 0 Å². The fraction of sp³-hybridized carbons (Fsp3) is 0.308. The molecule has 4 heterocycles. The van der Waals surface area contributed by atoms with Gasteiger partial charge in [-0.15, -0.1) is 0 Å². The zero-order valence-corrected chi connectivity index (χ0v) is 11.6. The zero-order chi connectivity index (χ0) is 13.7. The van der Waals surface area contributed by atoms with Gasteiger partial charge in [0.1, 0.15) is 5.82 Å². The molecule has 4 rings (SSSR count). The van der Waals surface area contributed by atoms with E-state index in [2.05, 4.69) is 19.3 Å². The summed E-state index contributed by atoms with van der Waals surface area (Å²) < 4.78 is 25.2. The third-order valence-corrected chi connectivity index (χ3v) is 5.44. The Kier molecular flexibility index (Phi) is 2.35. The molecule has 6 nitrogen and oxygen atoms in total. The Balaban J connectivity index is 1.86. The van der Waals surface area contributed by atoms with Crippen LogP contribution in [0.25, 0.3) is 16.7 Å². The lowest BCUT2D eigenvalue weighted by Gasteiger charge is -2.28. The van der Waals surface area contributed by atoms with E-state index < -0.39 is 9.84 Å². The summed E-state index contributed by atoms with van der Waals surface area (Å²) >= 11 is 0. The molecule has 1 fully saturated rings. The van der Waals surface area contributed by atoms with Crippen molar-refractivity contribution in [2.24, 2.45) is 0 Å². The second kappa shape index (κ2) is 3.99. The van der Waals surface area contributed by atoms with Crippen LogP contribution in [0.3, 0.4) is 0 Å². The predicted octanol–water partition coefficient (Wildman–Crippen LogP) is 1.05. The van der Waals surface area contributed by atoms with Gasteiger partial charge in [-0.3, -0.25) is 4.40 Å². The lowest BCUT2D eigenvalue weighted by molar-refractivity contribution is 0.586. The molecular formula is C13H14N4O2S. The third kappa shape index (κ3) is 1.70. The maximum Gasteiger partial charge on any atom is 0.154 e. The molecule has 0 radical (unpaired) electrons. The average molecular weight is 290 g/mol. The highest BCUT2D eigenvalue weighted by atomic mass is 32.2.